The molecule has 8 nitrogen and oxygen atoms in total. The van der Waals surface area contributed by atoms with Crippen molar-refractivity contribution < 1.29 is 22.7 Å². The first kappa shape index (κ1) is 21.6. The molecule has 0 aromatic heterocycles. The van der Waals surface area contributed by atoms with E-state index in [4.69, 9.17) is 10.00 Å². The fourth-order valence-electron chi connectivity index (χ4n) is 2.06. The number of hydrogen-bond acceptors (Lipinski definition) is 6. The average molecular weight is 466 g/mol. The number of sulfonamides is 1. The van der Waals surface area contributed by atoms with Gasteiger partial charge in [-0.15, -0.1) is 0 Å². The molecule has 2 aromatic rings. The minimum absolute atomic E-state index is 0.00716. The van der Waals surface area contributed by atoms with Gasteiger partial charge in [0.1, 0.15) is 6.54 Å². The minimum Gasteiger partial charge on any atom is -0.455 e. The van der Waals surface area contributed by atoms with Crippen LogP contribution in [0.15, 0.2) is 57.9 Å². The molecule has 0 unspecified atom stereocenters. The predicted octanol–water partition coefficient (Wildman–Crippen LogP) is 1.98. The highest BCUT2D eigenvalue weighted by Crippen LogP contribution is 2.15. The monoisotopic (exact) mass is 465 g/mol. The van der Waals surface area contributed by atoms with Gasteiger partial charge in [0, 0.05) is 10.2 Å². The van der Waals surface area contributed by atoms with Crippen LogP contribution in [0.2, 0.25) is 0 Å². The van der Waals surface area contributed by atoms with Crippen molar-refractivity contribution in [2.24, 2.45) is 0 Å². The number of nitriles is 1. The Morgan fingerprint density at radius 1 is 1.14 bits per heavy atom. The highest BCUT2D eigenvalue weighted by Gasteiger charge is 2.17. The van der Waals surface area contributed by atoms with Crippen molar-refractivity contribution in [2.45, 2.75) is 11.3 Å². The first-order chi connectivity index (χ1) is 13.3. The molecule has 0 aliphatic rings. The van der Waals surface area contributed by atoms with Gasteiger partial charge in [0.25, 0.3) is 5.91 Å². The third-order valence-corrected chi connectivity index (χ3v) is 5.29. The highest BCUT2D eigenvalue weighted by atomic mass is 79.9. The molecule has 0 spiro atoms. The number of rotatable bonds is 8. The number of benzene rings is 2. The van der Waals surface area contributed by atoms with Crippen molar-refractivity contribution >= 4 is 43.5 Å². The lowest BCUT2D eigenvalue weighted by atomic mass is 10.1. The molecule has 2 rings (SSSR count). The van der Waals surface area contributed by atoms with Crippen LogP contribution in [-0.4, -0.2) is 33.4 Å². The smallest absolute Gasteiger partial charge is 0.321 e. The lowest BCUT2D eigenvalue weighted by molar-refractivity contribution is -0.146. The second kappa shape index (κ2) is 9.98. The summed E-state index contributed by atoms with van der Waals surface area (Å²) in [5.74, 6) is -1.46. The van der Waals surface area contributed by atoms with Crippen LogP contribution < -0.4 is 10.0 Å². The van der Waals surface area contributed by atoms with Gasteiger partial charge < -0.3 is 10.1 Å². The zero-order chi connectivity index (χ0) is 20.6. The van der Waals surface area contributed by atoms with Crippen LogP contribution in [0.5, 0.6) is 0 Å². The van der Waals surface area contributed by atoms with Gasteiger partial charge in [0.05, 0.1) is 17.4 Å². The van der Waals surface area contributed by atoms with Crippen molar-refractivity contribution in [1.82, 2.24) is 4.72 Å². The van der Waals surface area contributed by atoms with Crippen LogP contribution in [0.4, 0.5) is 5.69 Å². The fourth-order valence-corrected chi connectivity index (χ4v) is 3.63. The molecule has 0 fully saturated rings. The van der Waals surface area contributed by atoms with Gasteiger partial charge in [-0.25, -0.2) is 8.42 Å². The van der Waals surface area contributed by atoms with Crippen molar-refractivity contribution in [1.29, 1.82) is 5.26 Å². The van der Waals surface area contributed by atoms with Gasteiger partial charge in [-0.1, -0.05) is 34.1 Å². The molecule has 0 saturated heterocycles. The van der Waals surface area contributed by atoms with E-state index in [1.807, 2.05) is 6.07 Å². The summed E-state index contributed by atoms with van der Waals surface area (Å²) in [6, 6.07) is 14.6. The zero-order valence-electron chi connectivity index (χ0n) is 14.5. The van der Waals surface area contributed by atoms with E-state index in [1.54, 1.807) is 36.4 Å². The van der Waals surface area contributed by atoms with Gasteiger partial charge in [-0.2, -0.15) is 9.98 Å². The third kappa shape index (κ3) is 6.77. The largest absolute Gasteiger partial charge is 0.455 e. The van der Waals surface area contributed by atoms with Gasteiger partial charge >= 0.3 is 5.97 Å². The Morgan fingerprint density at radius 2 is 1.86 bits per heavy atom. The van der Waals surface area contributed by atoms with Crippen molar-refractivity contribution in [3.05, 3.63) is 58.6 Å². The van der Waals surface area contributed by atoms with Gasteiger partial charge in [0.15, 0.2) is 6.61 Å². The number of anilines is 1. The summed E-state index contributed by atoms with van der Waals surface area (Å²) in [4.78, 5) is 23.5. The van der Waals surface area contributed by atoms with Crippen LogP contribution >= 0.6 is 15.9 Å². The molecular weight excluding hydrogens is 450 g/mol. The molecular formula is C18H16BrN3O5S. The molecule has 0 aliphatic heterocycles. The standard InChI is InChI=1S/C18H16BrN3O5S/c19-14-2-1-3-16(10-14)28(25,26)21-11-18(24)27-12-17(23)22-15-6-4-13(5-7-15)8-9-20/h1-7,10,21H,8,11-12H2,(H,22,23). The van der Waals surface area contributed by atoms with Gasteiger partial charge in [0.2, 0.25) is 10.0 Å². The maximum absolute atomic E-state index is 12.1. The second-order valence-corrected chi connectivity index (χ2v) is 8.21. The van der Waals surface area contributed by atoms with E-state index in [-0.39, 0.29) is 11.3 Å². The van der Waals surface area contributed by atoms with E-state index in [2.05, 4.69) is 26.0 Å². The van der Waals surface area contributed by atoms with Gasteiger partial charge in [-0.3, -0.25) is 9.59 Å². The number of halogens is 1. The lowest BCUT2D eigenvalue weighted by Crippen LogP contribution is -2.32. The highest BCUT2D eigenvalue weighted by molar-refractivity contribution is 9.10. The minimum atomic E-state index is -3.88. The molecule has 0 heterocycles. The quantitative estimate of drug-likeness (QED) is 0.574. The molecule has 0 atom stereocenters. The Morgan fingerprint density at radius 3 is 2.50 bits per heavy atom. The van der Waals surface area contributed by atoms with E-state index >= 15 is 0 Å². The Labute approximate surface area is 170 Å². The van der Waals surface area contributed by atoms with Crippen molar-refractivity contribution in [2.75, 3.05) is 18.5 Å². The molecule has 28 heavy (non-hydrogen) atoms. The number of nitrogens with zero attached hydrogens (tertiary/aromatic N) is 1. The summed E-state index contributed by atoms with van der Waals surface area (Å²) < 4.78 is 31.7. The molecule has 0 saturated carbocycles. The van der Waals surface area contributed by atoms with Crippen LogP contribution in [0.3, 0.4) is 0 Å². The van der Waals surface area contributed by atoms with Crippen LogP contribution in [0.25, 0.3) is 0 Å². The average Bonchev–Trinajstić information content (AvgIpc) is 2.66. The number of ether oxygens (including phenoxy) is 1. The second-order valence-electron chi connectivity index (χ2n) is 5.52. The summed E-state index contributed by atoms with van der Waals surface area (Å²) in [5, 5.41) is 11.1. The third-order valence-electron chi connectivity index (χ3n) is 3.40. The Kier molecular flexibility index (Phi) is 7.69. The molecule has 1 amide bonds. The van der Waals surface area contributed by atoms with E-state index < -0.39 is 35.1 Å². The predicted molar refractivity (Wildman–Crippen MR) is 105 cm³/mol. The van der Waals surface area contributed by atoms with E-state index in [1.165, 1.54) is 12.1 Å². The van der Waals surface area contributed by atoms with Gasteiger partial charge in [-0.05, 0) is 35.9 Å². The molecule has 0 bridgehead atoms. The number of esters is 1. The van der Waals surface area contributed by atoms with Crippen LogP contribution in [-0.2, 0) is 30.8 Å². The van der Waals surface area contributed by atoms with E-state index in [0.717, 1.165) is 5.56 Å². The lowest BCUT2D eigenvalue weighted by Gasteiger charge is -2.08. The first-order valence-electron chi connectivity index (χ1n) is 7.97. The Balaban J connectivity index is 1.78. The molecule has 146 valence electrons. The number of hydrogen-bond donors (Lipinski definition) is 2. The van der Waals surface area contributed by atoms with Crippen LogP contribution in [0.1, 0.15) is 5.56 Å². The molecule has 10 heteroatoms. The maximum Gasteiger partial charge on any atom is 0.321 e. The number of amides is 1. The van der Waals surface area contributed by atoms with Crippen LogP contribution in [0, 0.1) is 11.3 Å². The SMILES string of the molecule is N#CCc1ccc(NC(=O)COC(=O)CNS(=O)(=O)c2cccc(Br)c2)cc1. The summed E-state index contributed by atoms with van der Waals surface area (Å²) in [6.07, 6.45) is 0.266. The topological polar surface area (TPSA) is 125 Å². The molecule has 0 aliphatic carbocycles. The molecule has 0 radical (unpaired) electrons. The van der Waals surface area contributed by atoms with E-state index in [0.29, 0.717) is 10.2 Å². The molecule has 2 N–H and O–H groups in total. The summed E-state index contributed by atoms with van der Waals surface area (Å²) in [7, 11) is -3.88. The molecule has 2 aromatic carbocycles. The summed E-state index contributed by atoms with van der Waals surface area (Å²) in [6.45, 7) is -1.16. The Bertz CT molecular complexity index is 1000. The summed E-state index contributed by atoms with van der Waals surface area (Å²) >= 11 is 3.17. The first-order valence-corrected chi connectivity index (χ1v) is 10.2. The van der Waals surface area contributed by atoms with E-state index in [9.17, 15) is 18.0 Å². The number of carbonyl (C=O) groups is 2. The number of carbonyl (C=O) groups excluding carboxylic acids is 2. The number of nitrogens with one attached hydrogen (secondary N) is 2. The normalized spacial score (nSPS) is 10.7. The zero-order valence-corrected chi connectivity index (χ0v) is 16.9. The Hall–Kier alpha value is -2.74. The van der Waals surface area contributed by atoms with Crippen molar-refractivity contribution in [3.8, 4) is 6.07 Å². The van der Waals surface area contributed by atoms with Crippen molar-refractivity contribution in [3.63, 3.8) is 0 Å². The fraction of sp³-hybridized carbons (Fsp3) is 0.167. The maximum atomic E-state index is 12.1. The summed E-state index contributed by atoms with van der Waals surface area (Å²) in [5.41, 5.74) is 1.29.